The Morgan fingerprint density at radius 2 is 1.88 bits per heavy atom. The van der Waals surface area contributed by atoms with Gasteiger partial charge in [0, 0.05) is 0 Å². The molecule has 0 fully saturated rings. The van der Waals surface area contributed by atoms with Gasteiger partial charge in [-0.2, -0.15) is 5.10 Å². The highest BCUT2D eigenvalue weighted by Crippen LogP contribution is 2.18. The third kappa shape index (κ3) is 4.13. The molecular formula is C19H22N4O. The Balaban J connectivity index is 1.64. The number of nitrogens with zero attached hydrogens (tertiary/aromatic N) is 2. The van der Waals surface area contributed by atoms with Gasteiger partial charge in [-0.15, -0.1) is 0 Å². The lowest BCUT2D eigenvalue weighted by Gasteiger charge is -2.21. The number of hydrogen-bond acceptors (Lipinski definition) is 4. The summed E-state index contributed by atoms with van der Waals surface area (Å²) in [6, 6.07) is 13.9. The summed E-state index contributed by atoms with van der Waals surface area (Å²) in [7, 11) is 0. The molecule has 0 spiro atoms. The van der Waals surface area contributed by atoms with E-state index in [1.807, 2.05) is 57.2 Å². The average molecular weight is 322 g/mol. The Morgan fingerprint density at radius 3 is 2.58 bits per heavy atom. The molecule has 3 rings (SSSR count). The topological polar surface area (TPSA) is 62.3 Å². The lowest BCUT2D eigenvalue weighted by molar-refractivity contribution is 0.131. The molecule has 1 aromatic heterocycles. The third-order valence-electron chi connectivity index (χ3n) is 3.33. The number of imidazole rings is 1. The van der Waals surface area contributed by atoms with Crippen LogP contribution in [0.15, 0.2) is 47.6 Å². The van der Waals surface area contributed by atoms with Crippen LogP contribution in [-0.2, 0) is 0 Å². The van der Waals surface area contributed by atoms with E-state index in [9.17, 15) is 0 Å². The number of aryl methyl sites for hydroxylation is 1. The molecule has 0 aliphatic rings. The van der Waals surface area contributed by atoms with Crippen molar-refractivity contribution in [3.05, 3.63) is 53.6 Å². The summed E-state index contributed by atoms with van der Waals surface area (Å²) < 4.78 is 5.80. The van der Waals surface area contributed by atoms with Crippen molar-refractivity contribution in [3.63, 3.8) is 0 Å². The molecule has 2 N–H and O–H groups in total. The smallest absolute Gasteiger partial charge is 0.222 e. The first kappa shape index (κ1) is 16.1. The van der Waals surface area contributed by atoms with Crippen LogP contribution >= 0.6 is 0 Å². The van der Waals surface area contributed by atoms with E-state index in [2.05, 4.69) is 33.5 Å². The lowest BCUT2D eigenvalue weighted by atomic mass is 10.2. The van der Waals surface area contributed by atoms with Crippen LogP contribution in [0.1, 0.15) is 31.9 Å². The van der Waals surface area contributed by atoms with Crippen molar-refractivity contribution in [2.24, 2.45) is 5.10 Å². The van der Waals surface area contributed by atoms with Gasteiger partial charge in [-0.3, -0.25) is 0 Å². The summed E-state index contributed by atoms with van der Waals surface area (Å²) in [5.41, 5.74) is 6.82. The largest absolute Gasteiger partial charge is 0.488 e. The first-order valence-electron chi connectivity index (χ1n) is 7.94. The van der Waals surface area contributed by atoms with Crippen molar-refractivity contribution in [2.75, 3.05) is 5.43 Å². The quantitative estimate of drug-likeness (QED) is 0.549. The van der Waals surface area contributed by atoms with Gasteiger partial charge in [0.15, 0.2) is 0 Å². The molecule has 0 saturated heterocycles. The fourth-order valence-corrected chi connectivity index (χ4v) is 2.32. The standard InChI is InChI=1S/C19H22N4O/c1-13-5-10-16-17(11-13)22-18(21-16)23-20-12-14-6-8-15(9-7-14)24-19(2,3)4/h5-12H,1-4H3,(H2,21,22,23)/b20-12-. The second-order valence-electron chi connectivity index (χ2n) is 6.76. The molecule has 2 aromatic carbocycles. The third-order valence-corrected chi connectivity index (χ3v) is 3.33. The molecule has 0 radical (unpaired) electrons. The first-order chi connectivity index (χ1) is 11.4. The summed E-state index contributed by atoms with van der Waals surface area (Å²) in [5, 5.41) is 4.22. The minimum Gasteiger partial charge on any atom is -0.488 e. The first-order valence-corrected chi connectivity index (χ1v) is 7.94. The summed E-state index contributed by atoms with van der Waals surface area (Å²) >= 11 is 0. The fraction of sp³-hybridized carbons (Fsp3) is 0.263. The van der Waals surface area contributed by atoms with Crippen LogP contribution in [-0.4, -0.2) is 21.8 Å². The molecule has 24 heavy (non-hydrogen) atoms. The zero-order valence-corrected chi connectivity index (χ0v) is 14.4. The number of H-pyrrole nitrogens is 1. The molecule has 124 valence electrons. The van der Waals surface area contributed by atoms with Gasteiger partial charge in [-0.1, -0.05) is 6.07 Å². The number of hydrazone groups is 1. The van der Waals surface area contributed by atoms with Crippen LogP contribution in [0, 0.1) is 6.92 Å². The highest BCUT2D eigenvalue weighted by molar-refractivity contribution is 5.81. The van der Waals surface area contributed by atoms with Gasteiger partial charge in [0.1, 0.15) is 11.4 Å². The minimum absolute atomic E-state index is 0.198. The molecule has 0 aliphatic heterocycles. The molecule has 1 heterocycles. The van der Waals surface area contributed by atoms with E-state index in [4.69, 9.17) is 4.74 Å². The second kappa shape index (κ2) is 6.35. The summed E-state index contributed by atoms with van der Waals surface area (Å²) in [6.07, 6.45) is 1.75. The van der Waals surface area contributed by atoms with Gasteiger partial charge in [-0.05, 0) is 75.2 Å². The van der Waals surface area contributed by atoms with Crippen LogP contribution in [0.25, 0.3) is 11.0 Å². The SMILES string of the molecule is Cc1ccc2nc(N/N=C\c3ccc(OC(C)(C)C)cc3)[nH]c2c1. The Morgan fingerprint density at radius 1 is 1.12 bits per heavy atom. The molecule has 0 unspecified atom stereocenters. The number of aromatic amines is 1. The number of fused-ring (bicyclic) bond motifs is 1. The predicted molar refractivity (Wildman–Crippen MR) is 98.9 cm³/mol. The van der Waals surface area contributed by atoms with Crippen molar-refractivity contribution in [3.8, 4) is 5.75 Å². The lowest BCUT2D eigenvalue weighted by Crippen LogP contribution is -2.22. The Labute approximate surface area is 141 Å². The number of nitrogens with one attached hydrogen (secondary N) is 2. The van der Waals surface area contributed by atoms with Crippen LogP contribution in [0.3, 0.4) is 0 Å². The van der Waals surface area contributed by atoms with Gasteiger partial charge >= 0.3 is 0 Å². The van der Waals surface area contributed by atoms with E-state index in [-0.39, 0.29) is 5.60 Å². The number of aromatic nitrogens is 2. The average Bonchev–Trinajstić information content (AvgIpc) is 2.89. The summed E-state index contributed by atoms with van der Waals surface area (Å²) in [4.78, 5) is 7.64. The van der Waals surface area contributed by atoms with Gasteiger partial charge in [0.05, 0.1) is 17.2 Å². The fourth-order valence-electron chi connectivity index (χ4n) is 2.32. The Kier molecular flexibility index (Phi) is 4.25. The van der Waals surface area contributed by atoms with Crippen molar-refractivity contribution in [2.45, 2.75) is 33.3 Å². The van der Waals surface area contributed by atoms with Crippen LogP contribution in [0.2, 0.25) is 0 Å². The maximum atomic E-state index is 5.80. The zero-order chi connectivity index (χ0) is 17.2. The van der Waals surface area contributed by atoms with Crippen LogP contribution < -0.4 is 10.2 Å². The molecular weight excluding hydrogens is 300 g/mol. The minimum atomic E-state index is -0.198. The molecule has 5 heteroatoms. The second-order valence-corrected chi connectivity index (χ2v) is 6.76. The maximum absolute atomic E-state index is 5.80. The van der Waals surface area contributed by atoms with E-state index in [0.717, 1.165) is 22.3 Å². The Hall–Kier alpha value is -2.82. The highest BCUT2D eigenvalue weighted by atomic mass is 16.5. The Bertz CT molecular complexity index is 857. The summed E-state index contributed by atoms with van der Waals surface area (Å²) in [5.74, 6) is 1.47. The molecule has 0 saturated carbocycles. The predicted octanol–water partition coefficient (Wildman–Crippen LogP) is 4.49. The van der Waals surface area contributed by atoms with Crippen LogP contribution in [0.4, 0.5) is 5.95 Å². The molecule has 0 bridgehead atoms. The van der Waals surface area contributed by atoms with E-state index in [1.165, 1.54) is 5.56 Å². The molecule has 5 nitrogen and oxygen atoms in total. The van der Waals surface area contributed by atoms with Gasteiger partial charge in [0.2, 0.25) is 5.95 Å². The van der Waals surface area contributed by atoms with Crippen LogP contribution in [0.5, 0.6) is 5.75 Å². The normalized spacial score (nSPS) is 12.0. The van der Waals surface area contributed by atoms with E-state index in [0.29, 0.717) is 5.95 Å². The molecule has 3 aromatic rings. The number of anilines is 1. The van der Waals surface area contributed by atoms with E-state index >= 15 is 0 Å². The van der Waals surface area contributed by atoms with E-state index in [1.54, 1.807) is 6.21 Å². The summed E-state index contributed by atoms with van der Waals surface area (Å²) in [6.45, 7) is 8.14. The number of rotatable bonds is 4. The van der Waals surface area contributed by atoms with Crippen molar-refractivity contribution < 1.29 is 4.74 Å². The number of ether oxygens (including phenoxy) is 1. The van der Waals surface area contributed by atoms with Crippen molar-refractivity contribution in [1.29, 1.82) is 0 Å². The number of benzene rings is 2. The molecule has 0 atom stereocenters. The van der Waals surface area contributed by atoms with Gasteiger partial charge < -0.3 is 9.72 Å². The van der Waals surface area contributed by atoms with Gasteiger partial charge in [0.25, 0.3) is 0 Å². The maximum Gasteiger partial charge on any atom is 0.222 e. The molecule has 0 aliphatic carbocycles. The monoisotopic (exact) mass is 322 g/mol. The van der Waals surface area contributed by atoms with E-state index < -0.39 is 0 Å². The zero-order valence-electron chi connectivity index (χ0n) is 14.4. The highest BCUT2D eigenvalue weighted by Gasteiger charge is 2.11. The van der Waals surface area contributed by atoms with Crippen molar-refractivity contribution in [1.82, 2.24) is 9.97 Å². The van der Waals surface area contributed by atoms with Crippen molar-refractivity contribution >= 4 is 23.2 Å². The van der Waals surface area contributed by atoms with Gasteiger partial charge in [-0.25, -0.2) is 10.4 Å². The number of hydrogen-bond donors (Lipinski definition) is 2. The molecule has 0 amide bonds.